The fraction of sp³-hybridized carbons (Fsp3) is 0.300. The summed E-state index contributed by atoms with van der Waals surface area (Å²) in [7, 11) is 0. The van der Waals surface area contributed by atoms with Gasteiger partial charge in [-0.2, -0.15) is 0 Å². The summed E-state index contributed by atoms with van der Waals surface area (Å²) in [6.07, 6.45) is 0. The molecular formula is C10H12F2N2O. The number of hydrogen-bond donors (Lipinski definition) is 2. The molecule has 0 aliphatic carbocycles. The minimum Gasteiger partial charge on any atom is -0.351 e. The van der Waals surface area contributed by atoms with Gasteiger partial charge in [0.05, 0.1) is 0 Å². The monoisotopic (exact) mass is 214 g/mol. The molecule has 0 atom stereocenters. The molecule has 1 rings (SSSR count). The summed E-state index contributed by atoms with van der Waals surface area (Å²) in [6.45, 7) is -0.270. The Morgan fingerprint density at radius 1 is 1.47 bits per heavy atom. The van der Waals surface area contributed by atoms with Gasteiger partial charge < -0.3 is 11.1 Å². The summed E-state index contributed by atoms with van der Waals surface area (Å²) in [6, 6.07) is 3.58. The number of halogens is 2. The quantitative estimate of drug-likeness (QED) is 0.785. The molecule has 0 aliphatic heterocycles. The van der Waals surface area contributed by atoms with Crippen LogP contribution in [-0.2, 0) is 6.67 Å². The molecular weight excluding hydrogens is 202 g/mol. The molecule has 0 heterocycles. The number of nitrogens with one attached hydrogen (secondary N) is 1. The summed E-state index contributed by atoms with van der Waals surface area (Å²) >= 11 is 0. The smallest absolute Gasteiger partial charge is 0.251 e. The zero-order valence-electron chi connectivity index (χ0n) is 8.09. The van der Waals surface area contributed by atoms with Crippen LogP contribution in [-0.4, -0.2) is 19.0 Å². The third kappa shape index (κ3) is 2.99. The molecule has 5 heteroatoms. The van der Waals surface area contributed by atoms with Crippen molar-refractivity contribution < 1.29 is 13.6 Å². The van der Waals surface area contributed by atoms with Crippen molar-refractivity contribution in [2.45, 2.75) is 6.67 Å². The highest BCUT2D eigenvalue weighted by atomic mass is 19.1. The van der Waals surface area contributed by atoms with Crippen LogP contribution in [0.3, 0.4) is 0 Å². The highest BCUT2D eigenvalue weighted by Gasteiger charge is 2.08. The van der Waals surface area contributed by atoms with E-state index >= 15 is 0 Å². The van der Waals surface area contributed by atoms with Crippen LogP contribution in [0.15, 0.2) is 18.2 Å². The van der Waals surface area contributed by atoms with Gasteiger partial charge in [-0.05, 0) is 18.2 Å². The van der Waals surface area contributed by atoms with E-state index in [4.69, 9.17) is 5.73 Å². The summed E-state index contributed by atoms with van der Waals surface area (Å²) in [5.74, 6) is -1.02. The fourth-order valence-electron chi connectivity index (χ4n) is 1.11. The van der Waals surface area contributed by atoms with E-state index in [0.717, 1.165) is 6.07 Å². The summed E-state index contributed by atoms with van der Waals surface area (Å²) < 4.78 is 25.2. The van der Waals surface area contributed by atoms with E-state index in [1.165, 1.54) is 12.1 Å². The first kappa shape index (κ1) is 11.6. The zero-order valence-corrected chi connectivity index (χ0v) is 8.09. The molecule has 3 nitrogen and oxygen atoms in total. The largest absolute Gasteiger partial charge is 0.351 e. The molecule has 0 aromatic heterocycles. The van der Waals surface area contributed by atoms with Gasteiger partial charge in [-0.1, -0.05) is 0 Å². The Morgan fingerprint density at radius 3 is 2.80 bits per heavy atom. The molecule has 0 spiro atoms. The van der Waals surface area contributed by atoms with Gasteiger partial charge in [0.2, 0.25) is 0 Å². The molecule has 3 N–H and O–H groups in total. The van der Waals surface area contributed by atoms with Gasteiger partial charge in [-0.3, -0.25) is 4.79 Å². The van der Waals surface area contributed by atoms with Crippen molar-refractivity contribution in [1.82, 2.24) is 5.32 Å². The third-order valence-electron chi connectivity index (χ3n) is 1.88. The molecule has 82 valence electrons. The van der Waals surface area contributed by atoms with Crippen molar-refractivity contribution in [2.75, 3.05) is 13.1 Å². The first-order valence-electron chi connectivity index (χ1n) is 4.51. The molecule has 15 heavy (non-hydrogen) atoms. The van der Waals surface area contributed by atoms with Gasteiger partial charge in [-0.15, -0.1) is 0 Å². The SMILES string of the molecule is NCCNC(=O)c1ccc(F)c(CF)c1. The standard InChI is InChI=1S/C10H12F2N2O/c11-6-8-5-7(1-2-9(8)12)10(15)14-4-3-13/h1-2,5H,3-4,6,13H2,(H,14,15). The van der Waals surface area contributed by atoms with Crippen molar-refractivity contribution in [3.05, 3.63) is 35.1 Å². The minimum absolute atomic E-state index is 0.115. The molecule has 0 bridgehead atoms. The van der Waals surface area contributed by atoms with Crippen molar-refractivity contribution in [2.24, 2.45) is 5.73 Å². The number of amides is 1. The summed E-state index contributed by atoms with van der Waals surface area (Å²) in [5.41, 5.74) is 5.32. The van der Waals surface area contributed by atoms with Crippen molar-refractivity contribution in [3.8, 4) is 0 Å². The normalized spacial score (nSPS) is 10.1. The van der Waals surface area contributed by atoms with Gasteiger partial charge in [-0.25, -0.2) is 8.78 Å². The van der Waals surface area contributed by atoms with Crippen LogP contribution >= 0.6 is 0 Å². The van der Waals surface area contributed by atoms with Crippen LogP contribution in [0.4, 0.5) is 8.78 Å². The van der Waals surface area contributed by atoms with Crippen molar-refractivity contribution in [1.29, 1.82) is 0 Å². The lowest BCUT2D eigenvalue weighted by molar-refractivity contribution is 0.0954. The molecule has 1 aromatic rings. The van der Waals surface area contributed by atoms with Crippen LogP contribution < -0.4 is 11.1 Å². The van der Waals surface area contributed by atoms with Gasteiger partial charge >= 0.3 is 0 Å². The molecule has 0 radical (unpaired) electrons. The maximum Gasteiger partial charge on any atom is 0.251 e. The van der Waals surface area contributed by atoms with E-state index in [9.17, 15) is 13.6 Å². The number of hydrogen-bond acceptors (Lipinski definition) is 2. The topological polar surface area (TPSA) is 55.1 Å². The number of nitrogens with two attached hydrogens (primary N) is 1. The van der Waals surface area contributed by atoms with E-state index in [1.807, 2.05) is 0 Å². The number of carbonyl (C=O) groups excluding carboxylic acids is 1. The lowest BCUT2D eigenvalue weighted by Crippen LogP contribution is -2.29. The first-order valence-corrected chi connectivity index (χ1v) is 4.51. The lowest BCUT2D eigenvalue weighted by Gasteiger charge is -2.05. The second kappa shape index (κ2) is 5.41. The van der Waals surface area contributed by atoms with E-state index in [1.54, 1.807) is 0 Å². The average molecular weight is 214 g/mol. The van der Waals surface area contributed by atoms with Crippen LogP contribution in [0, 0.1) is 5.82 Å². The molecule has 1 aromatic carbocycles. The maximum absolute atomic E-state index is 12.9. The third-order valence-corrected chi connectivity index (χ3v) is 1.88. The number of rotatable bonds is 4. The number of carbonyl (C=O) groups is 1. The average Bonchev–Trinajstić information content (AvgIpc) is 2.26. The van der Waals surface area contributed by atoms with Gasteiger partial charge in [0.1, 0.15) is 12.5 Å². The van der Waals surface area contributed by atoms with E-state index < -0.39 is 12.5 Å². The lowest BCUT2D eigenvalue weighted by atomic mass is 10.1. The Kier molecular flexibility index (Phi) is 4.17. The fourth-order valence-corrected chi connectivity index (χ4v) is 1.11. The highest BCUT2D eigenvalue weighted by Crippen LogP contribution is 2.11. The van der Waals surface area contributed by atoms with Crippen molar-refractivity contribution >= 4 is 5.91 Å². The first-order chi connectivity index (χ1) is 7.19. The van der Waals surface area contributed by atoms with Crippen LogP contribution in [0.25, 0.3) is 0 Å². The molecule has 1 amide bonds. The Hall–Kier alpha value is -1.49. The molecule has 0 fully saturated rings. The molecule has 0 unspecified atom stereocenters. The predicted octanol–water partition coefficient (Wildman–Crippen LogP) is 0.984. The Bertz CT molecular complexity index is 355. The maximum atomic E-state index is 12.9. The highest BCUT2D eigenvalue weighted by molar-refractivity contribution is 5.94. The molecule has 0 saturated carbocycles. The minimum atomic E-state index is -0.927. The van der Waals surface area contributed by atoms with Crippen LogP contribution in [0.2, 0.25) is 0 Å². The van der Waals surface area contributed by atoms with Crippen LogP contribution in [0.5, 0.6) is 0 Å². The van der Waals surface area contributed by atoms with E-state index in [2.05, 4.69) is 5.32 Å². The Morgan fingerprint density at radius 2 is 2.20 bits per heavy atom. The van der Waals surface area contributed by atoms with Crippen molar-refractivity contribution in [3.63, 3.8) is 0 Å². The van der Waals surface area contributed by atoms with Gasteiger partial charge in [0.15, 0.2) is 0 Å². The Balaban J connectivity index is 2.81. The van der Waals surface area contributed by atoms with Gasteiger partial charge in [0.25, 0.3) is 5.91 Å². The Labute approximate surface area is 86.3 Å². The molecule has 0 saturated heterocycles. The number of benzene rings is 1. The second-order valence-electron chi connectivity index (χ2n) is 2.98. The second-order valence-corrected chi connectivity index (χ2v) is 2.98. The van der Waals surface area contributed by atoms with Crippen LogP contribution in [0.1, 0.15) is 15.9 Å². The predicted molar refractivity (Wildman–Crippen MR) is 52.6 cm³/mol. The number of alkyl halides is 1. The molecule has 0 aliphatic rings. The summed E-state index contributed by atoms with van der Waals surface area (Å²) in [5, 5.41) is 2.51. The van der Waals surface area contributed by atoms with E-state index in [-0.39, 0.29) is 17.0 Å². The summed E-state index contributed by atoms with van der Waals surface area (Å²) in [4.78, 5) is 11.4. The van der Waals surface area contributed by atoms with E-state index in [0.29, 0.717) is 13.1 Å². The zero-order chi connectivity index (χ0) is 11.3. The van der Waals surface area contributed by atoms with Gasteiger partial charge in [0, 0.05) is 24.2 Å².